The average molecular weight is 700 g/mol. The van der Waals surface area contributed by atoms with Crippen molar-refractivity contribution >= 4 is 49.5 Å². The standard InChI is InChI=1S/C30H37N9O7S2/c1-20-15-22(17-31)34-28(33-20)37-11-13-38(14-12-37)48(45,46)23-8-10-26(32-18-23)35-27(40)24-16-21(19-39(29(41)42)30(2,3)4)7-9-25(24)36(5)47(6,43)44/h7-10,15-16,18H,11-14,19H2,1-6H3,(H,41,42)(H,32,35,40). The zero-order chi connectivity index (χ0) is 35.6. The summed E-state index contributed by atoms with van der Waals surface area (Å²) in [6.45, 7) is 7.74. The third-order valence-corrected chi connectivity index (χ3v) is 10.7. The minimum Gasteiger partial charge on any atom is -0.465 e. The molecule has 0 radical (unpaired) electrons. The van der Waals surface area contributed by atoms with E-state index in [1.54, 1.807) is 39.8 Å². The van der Waals surface area contributed by atoms with Crippen molar-refractivity contribution in [2.24, 2.45) is 0 Å². The fourth-order valence-electron chi connectivity index (χ4n) is 4.91. The number of hydrogen-bond acceptors (Lipinski definition) is 11. The zero-order valence-electron chi connectivity index (χ0n) is 27.4. The molecule has 18 heteroatoms. The molecule has 1 aliphatic rings. The van der Waals surface area contributed by atoms with Crippen LogP contribution in [-0.4, -0.2) is 103 Å². The van der Waals surface area contributed by atoms with E-state index in [1.807, 2.05) is 11.0 Å². The molecule has 16 nitrogen and oxygen atoms in total. The van der Waals surface area contributed by atoms with E-state index in [1.165, 1.54) is 40.5 Å². The summed E-state index contributed by atoms with van der Waals surface area (Å²) in [4.78, 5) is 41.0. The maximum absolute atomic E-state index is 13.5. The highest BCUT2D eigenvalue weighted by Gasteiger charge is 2.31. The molecule has 1 aromatic carbocycles. The van der Waals surface area contributed by atoms with Gasteiger partial charge in [-0.25, -0.2) is 36.6 Å². The average Bonchev–Trinajstić information content (AvgIpc) is 3.02. The molecule has 0 aliphatic carbocycles. The third kappa shape index (κ3) is 8.16. The minimum absolute atomic E-state index is 0.00822. The second-order valence-electron chi connectivity index (χ2n) is 12.2. The van der Waals surface area contributed by atoms with Crippen LogP contribution in [0.5, 0.6) is 0 Å². The fraction of sp³-hybridized carbons (Fsp3) is 0.400. The van der Waals surface area contributed by atoms with Crippen LogP contribution < -0.4 is 14.5 Å². The Labute approximate surface area is 279 Å². The first-order chi connectivity index (χ1) is 22.3. The van der Waals surface area contributed by atoms with Crippen LogP contribution in [0.1, 0.15) is 48.1 Å². The number of rotatable bonds is 9. The minimum atomic E-state index is -3.94. The van der Waals surface area contributed by atoms with E-state index in [4.69, 9.17) is 0 Å². The maximum Gasteiger partial charge on any atom is 0.408 e. The second kappa shape index (κ2) is 13.7. The number of carbonyl (C=O) groups is 2. The van der Waals surface area contributed by atoms with Crippen molar-refractivity contribution in [2.75, 3.05) is 54.0 Å². The molecule has 48 heavy (non-hydrogen) atoms. The highest BCUT2D eigenvalue weighted by molar-refractivity contribution is 7.92. The highest BCUT2D eigenvalue weighted by atomic mass is 32.2. The number of benzene rings is 1. The summed E-state index contributed by atoms with van der Waals surface area (Å²) in [7, 11) is -6.43. The molecule has 2 aromatic heterocycles. The van der Waals surface area contributed by atoms with Crippen LogP contribution in [0.3, 0.4) is 0 Å². The number of carboxylic acid groups (broad SMARTS) is 1. The lowest BCUT2D eigenvalue weighted by Crippen LogP contribution is -2.49. The number of hydrogen-bond donors (Lipinski definition) is 2. The first-order valence-corrected chi connectivity index (χ1v) is 18.0. The molecule has 0 saturated carbocycles. The van der Waals surface area contributed by atoms with Gasteiger partial charge in [0.15, 0.2) is 0 Å². The van der Waals surface area contributed by atoms with Gasteiger partial charge in [-0.2, -0.15) is 9.57 Å². The molecular formula is C30H37N9O7S2. The lowest BCUT2D eigenvalue weighted by molar-refractivity contribution is 0.0955. The van der Waals surface area contributed by atoms with Gasteiger partial charge in [0.2, 0.25) is 26.0 Å². The molecule has 4 rings (SSSR count). The number of aromatic nitrogens is 3. The van der Waals surface area contributed by atoms with Crippen LogP contribution in [0.15, 0.2) is 47.5 Å². The molecule has 0 unspecified atom stereocenters. The fourth-order valence-corrected chi connectivity index (χ4v) is 6.80. The summed E-state index contributed by atoms with van der Waals surface area (Å²) in [6.07, 6.45) is 0.936. The Morgan fingerprint density at radius 1 is 1.04 bits per heavy atom. The number of nitrogens with one attached hydrogen (secondary N) is 1. The molecule has 1 saturated heterocycles. The van der Waals surface area contributed by atoms with E-state index >= 15 is 0 Å². The highest BCUT2D eigenvalue weighted by Crippen LogP contribution is 2.27. The van der Waals surface area contributed by atoms with Crippen LogP contribution in [0.4, 0.5) is 22.2 Å². The smallest absolute Gasteiger partial charge is 0.408 e. The SMILES string of the molecule is Cc1cc(C#N)nc(N2CCN(S(=O)(=O)c3ccc(NC(=O)c4cc(CN(C(=O)O)C(C)(C)C)ccc4N(C)S(C)(=O)=O)nc3)CC2)n1. The Hall–Kier alpha value is -4.86. The van der Waals surface area contributed by atoms with Gasteiger partial charge in [-0.15, -0.1) is 0 Å². The molecule has 256 valence electrons. The Morgan fingerprint density at radius 2 is 1.71 bits per heavy atom. The molecule has 0 spiro atoms. The van der Waals surface area contributed by atoms with Gasteiger partial charge in [-0.05, 0) is 63.6 Å². The third-order valence-electron chi connectivity index (χ3n) is 7.62. The summed E-state index contributed by atoms with van der Waals surface area (Å²) in [6, 6.07) is 10.6. The van der Waals surface area contributed by atoms with E-state index in [9.17, 15) is 36.8 Å². The van der Waals surface area contributed by atoms with E-state index < -0.39 is 37.6 Å². The van der Waals surface area contributed by atoms with Gasteiger partial charge in [-0.1, -0.05) is 6.07 Å². The topological polar surface area (TPSA) is 210 Å². The van der Waals surface area contributed by atoms with E-state index in [0.29, 0.717) is 30.3 Å². The van der Waals surface area contributed by atoms with Gasteiger partial charge in [-0.3, -0.25) is 14.0 Å². The molecule has 0 bridgehead atoms. The largest absolute Gasteiger partial charge is 0.465 e. The summed E-state index contributed by atoms with van der Waals surface area (Å²) in [5.74, 6) is -0.374. The van der Waals surface area contributed by atoms with Gasteiger partial charge in [0.1, 0.15) is 22.5 Å². The Morgan fingerprint density at radius 3 is 2.25 bits per heavy atom. The van der Waals surface area contributed by atoms with Gasteiger partial charge >= 0.3 is 6.09 Å². The summed E-state index contributed by atoms with van der Waals surface area (Å²) < 4.78 is 53.7. The summed E-state index contributed by atoms with van der Waals surface area (Å²) >= 11 is 0. The van der Waals surface area contributed by atoms with Crippen LogP contribution in [0.2, 0.25) is 0 Å². The first-order valence-electron chi connectivity index (χ1n) is 14.7. The van der Waals surface area contributed by atoms with Crippen molar-refractivity contribution < 1.29 is 31.5 Å². The van der Waals surface area contributed by atoms with Crippen LogP contribution >= 0.6 is 0 Å². The predicted octanol–water partition coefficient (Wildman–Crippen LogP) is 2.49. The van der Waals surface area contributed by atoms with Crippen molar-refractivity contribution in [3.63, 3.8) is 0 Å². The van der Waals surface area contributed by atoms with Crippen LogP contribution in [-0.2, 0) is 26.6 Å². The van der Waals surface area contributed by atoms with Gasteiger partial charge < -0.3 is 15.3 Å². The molecule has 0 atom stereocenters. The van der Waals surface area contributed by atoms with Crippen molar-refractivity contribution in [2.45, 2.75) is 44.7 Å². The van der Waals surface area contributed by atoms with Crippen LogP contribution in [0, 0.1) is 18.3 Å². The van der Waals surface area contributed by atoms with Crippen molar-refractivity contribution in [3.8, 4) is 6.07 Å². The molecule has 2 N–H and O–H groups in total. The predicted molar refractivity (Wildman–Crippen MR) is 178 cm³/mol. The summed E-state index contributed by atoms with van der Waals surface area (Å²) in [5.41, 5.74) is 0.527. The molecule has 3 aromatic rings. The Bertz CT molecular complexity index is 1970. The molecule has 2 amide bonds. The molecule has 1 aliphatic heterocycles. The number of nitriles is 1. The van der Waals surface area contributed by atoms with Crippen LogP contribution in [0.25, 0.3) is 0 Å². The number of amides is 2. The van der Waals surface area contributed by atoms with Gasteiger partial charge in [0.25, 0.3) is 5.91 Å². The lowest BCUT2D eigenvalue weighted by atomic mass is 10.0. The quantitative estimate of drug-likeness (QED) is 0.330. The zero-order valence-corrected chi connectivity index (χ0v) is 29.0. The van der Waals surface area contributed by atoms with E-state index in [-0.39, 0.29) is 47.3 Å². The van der Waals surface area contributed by atoms with Gasteiger partial charge in [0, 0.05) is 57.2 Å². The van der Waals surface area contributed by atoms with E-state index in [0.717, 1.165) is 16.8 Å². The number of piperazine rings is 1. The van der Waals surface area contributed by atoms with Gasteiger partial charge in [0.05, 0.1) is 17.5 Å². The van der Waals surface area contributed by atoms with Crippen molar-refractivity contribution in [1.29, 1.82) is 5.26 Å². The maximum atomic E-state index is 13.5. The summed E-state index contributed by atoms with van der Waals surface area (Å²) in [5, 5.41) is 21.5. The number of aryl methyl sites for hydroxylation is 1. The van der Waals surface area contributed by atoms with E-state index in [2.05, 4.69) is 20.3 Å². The Kier molecular flexibility index (Phi) is 10.3. The number of pyridine rings is 1. The Balaban J connectivity index is 1.52. The number of anilines is 3. The first kappa shape index (κ1) is 36.0. The number of sulfonamides is 2. The van der Waals surface area contributed by atoms with Crippen molar-refractivity contribution in [3.05, 3.63) is 65.1 Å². The molecular weight excluding hydrogens is 663 g/mol. The lowest BCUT2D eigenvalue weighted by Gasteiger charge is -2.34. The monoisotopic (exact) mass is 699 g/mol. The number of nitrogens with zero attached hydrogens (tertiary/aromatic N) is 8. The number of carbonyl (C=O) groups excluding carboxylic acids is 1. The molecule has 1 fully saturated rings. The molecule has 3 heterocycles. The van der Waals surface area contributed by atoms with Crippen molar-refractivity contribution in [1.82, 2.24) is 24.2 Å². The second-order valence-corrected chi connectivity index (χ2v) is 16.1. The normalized spacial score (nSPS) is 14.2.